The van der Waals surface area contributed by atoms with Gasteiger partial charge in [-0.15, -0.1) is 11.3 Å². The first-order valence-corrected chi connectivity index (χ1v) is 11.5. The van der Waals surface area contributed by atoms with Crippen LogP contribution in [0.2, 0.25) is 0 Å². The van der Waals surface area contributed by atoms with Gasteiger partial charge < -0.3 is 6.53 Å². The summed E-state index contributed by atoms with van der Waals surface area (Å²) in [4.78, 5) is 39.7. The Hall–Kier alpha value is -2.46. The normalized spacial score (nSPS) is 12.2. The molecule has 0 saturated heterocycles. The van der Waals surface area contributed by atoms with Crippen molar-refractivity contribution in [2.75, 3.05) is 0 Å². The number of carboxylic acid groups (broad SMARTS) is 1. The summed E-state index contributed by atoms with van der Waals surface area (Å²) in [6, 6.07) is 9.57. The minimum atomic E-state index is -1.19. The molecule has 0 bridgehead atoms. The smallest absolute Gasteiger partial charge is 1.00 e. The van der Waals surface area contributed by atoms with Gasteiger partial charge in [0.25, 0.3) is 5.56 Å². The largest absolute Gasteiger partial charge is 1.00 e. The van der Waals surface area contributed by atoms with E-state index < -0.39 is 23.1 Å². The van der Waals surface area contributed by atoms with Gasteiger partial charge in [0.2, 0.25) is 0 Å². The predicted octanol–water partition coefficient (Wildman–Crippen LogP) is 0.753. The number of hydrogen-bond donors (Lipinski definition) is 2. The molecule has 0 amide bonds. The fourth-order valence-corrected chi connectivity index (χ4v) is 5.79. The van der Waals surface area contributed by atoms with Crippen LogP contribution < -0.4 is 40.8 Å². The number of nitrogens with zero attached hydrogens (tertiary/aromatic N) is 3. The number of thiophene rings is 1. The summed E-state index contributed by atoms with van der Waals surface area (Å²) in [5.74, 6) is -1.52. The molecule has 2 N–H and O–H groups in total. The van der Waals surface area contributed by atoms with Crippen LogP contribution in [0.25, 0.3) is 10.2 Å². The number of aromatic carboxylic acids is 1. The van der Waals surface area contributed by atoms with E-state index in [1.807, 2.05) is 58.0 Å². The van der Waals surface area contributed by atoms with E-state index in [2.05, 4.69) is 10.2 Å². The quantitative estimate of drug-likeness (QED) is 0.388. The van der Waals surface area contributed by atoms with Crippen molar-refractivity contribution < 1.29 is 40.9 Å². The van der Waals surface area contributed by atoms with Crippen molar-refractivity contribution in [2.45, 2.75) is 40.2 Å². The van der Waals surface area contributed by atoms with E-state index in [1.54, 1.807) is 0 Å². The second-order valence-corrected chi connectivity index (χ2v) is 9.70. The number of nitrogens with one attached hydrogen (secondary N) is 1. The van der Waals surface area contributed by atoms with Crippen LogP contribution in [0.15, 0.2) is 39.9 Å². The third-order valence-corrected chi connectivity index (χ3v) is 7.11. The van der Waals surface area contributed by atoms with Crippen LogP contribution in [0.1, 0.15) is 58.9 Å². The molecule has 3 aromatic heterocycles. The number of rotatable bonds is 6. The molecule has 0 aliphatic rings. The first-order chi connectivity index (χ1) is 15.6. The molecule has 0 aliphatic carbocycles. The molecule has 3 heterocycles. The van der Waals surface area contributed by atoms with Gasteiger partial charge in [-0.1, -0.05) is 44.2 Å². The summed E-state index contributed by atoms with van der Waals surface area (Å²) in [5.41, 5.74) is 2.23. The Labute approximate surface area is 224 Å². The molecule has 0 saturated carbocycles. The van der Waals surface area contributed by atoms with Gasteiger partial charge in [0, 0.05) is 35.6 Å². The Morgan fingerprint density at radius 2 is 1.85 bits per heavy atom. The minimum Gasteiger partial charge on any atom is -1.00 e. The van der Waals surface area contributed by atoms with Gasteiger partial charge >= 0.3 is 41.2 Å². The Morgan fingerprint density at radius 1 is 1.21 bits per heavy atom. The molecule has 4 rings (SSSR count). The molecule has 0 radical (unpaired) electrons. The van der Waals surface area contributed by atoms with E-state index in [0.29, 0.717) is 16.3 Å². The average Bonchev–Trinajstić information content (AvgIpc) is 3.32. The Balaban J connectivity index is 0.00000216. The number of benzene rings is 1. The first kappa shape index (κ1) is 26.2. The summed E-state index contributed by atoms with van der Waals surface area (Å²) in [6.07, 6.45) is 0. The Kier molecular flexibility index (Phi) is 7.72. The molecule has 8 nitrogen and oxygen atoms in total. The summed E-state index contributed by atoms with van der Waals surface area (Å²) in [7, 11) is 1.39. The Bertz CT molecular complexity index is 1470. The van der Waals surface area contributed by atoms with Crippen molar-refractivity contribution in [3.05, 3.63) is 84.1 Å². The SMILES string of the molecule is Cc1n[nH]c(C)c1C(c1ccccc1)c1sc2c(c1C(=O)O)c(=O)n(C)c(=O)n2CC(C)C.[H-].[Na+]. The monoisotopic (exact) mass is 490 g/mol. The number of aromatic nitrogens is 4. The summed E-state index contributed by atoms with van der Waals surface area (Å²) in [6.45, 7) is 8.09. The zero-order chi connectivity index (χ0) is 24.0. The molecule has 10 heteroatoms. The fourth-order valence-electron chi connectivity index (χ4n) is 4.37. The average molecular weight is 491 g/mol. The number of carbonyl (C=O) groups is 1. The molecule has 1 unspecified atom stereocenters. The van der Waals surface area contributed by atoms with E-state index in [9.17, 15) is 19.5 Å². The zero-order valence-corrected chi connectivity index (χ0v) is 23.0. The van der Waals surface area contributed by atoms with Gasteiger partial charge in [-0.25, -0.2) is 9.59 Å². The maximum Gasteiger partial charge on any atom is 1.00 e. The number of hydrogen-bond acceptors (Lipinski definition) is 5. The van der Waals surface area contributed by atoms with Gasteiger partial charge in [0.15, 0.2) is 0 Å². The number of fused-ring (bicyclic) bond motifs is 1. The first-order valence-electron chi connectivity index (χ1n) is 10.7. The maximum atomic E-state index is 13.2. The summed E-state index contributed by atoms with van der Waals surface area (Å²) >= 11 is 1.20. The van der Waals surface area contributed by atoms with E-state index in [4.69, 9.17) is 0 Å². The van der Waals surface area contributed by atoms with Crippen LogP contribution in [0.4, 0.5) is 0 Å². The van der Waals surface area contributed by atoms with Gasteiger partial charge in [0.1, 0.15) is 4.83 Å². The van der Waals surface area contributed by atoms with Crippen molar-refractivity contribution in [1.82, 2.24) is 19.3 Å². The Morgan fingerprint density at radius 3 is 2.38 bits per heavy atom. The van der Waals surface area contributed by atoms with Crippen LogP contribution in [0, 0.1) is 19.8 Å². The van der Waals surface area contributed by atoms with Crippen molar-refractivity contribution in [3.63, 3.8) is 0 Å². The molecule has 0 spiro atoms. The van der Waals surface area contributed by atoms with E-state index >= 15 is 0 Å². The number of H-pyrrole nitrogens is 1. The third kappa shape index (κ3) is 4.33. The fraction of sp³-hybridized carbons (Fsp3) is 0.333. The molecular formula is C24H27N4NaO4S. The number of carboxylic acids is 1. The summed E-state index contributed by atoms with van der Waals surface area (Å²) in [5, 5.41) is 17.7. The van der Waals surface area contributed by atoms with Crippen molar-refractivity contribution in [3.8, 4) is 0 Å². The topological polar surface area (TPSA) is 110 Å². The second-order valence-electron chi connectivity index (χ2n) is 8.67. The van der Waals surface area contributed by atoms with Crippen LogP contribution in [-0.2, 0) is 13.6 Å². The number of aromatic amines is 1. The molecule has 1 aromatic carbocycles. The van der Waals surface area contributed by atoms with Gasteiger partial charge in [-0.3, -0.25) is 19.0 Å². The van der Waals surface area contributed by atoms with Crippen LogP contribution in [0.3, 0.4) is 0 Å². The predicted molar refractivity (Wildman–Crippen MR) is 130 cm³/mol. The van der Waals surface area contributed by atoms with E-state index in [0.717, 1.165) is 27.1 Å². The van der Waals surface area contributed by atoms with Crippen LogP contribution in [0.5, 0.6) is 0 Å². The molecule has 1 atom stereocenters. The maximum absolute atomic E-state index is 13.2. The molecule has 34 heavy (non-hydrogen) atoms. The number of aryl methyl sites for hydroxylation is 2. The van der Waals surface area contributed by atoms with Crippen molar-refractivity contribution in [1.29, 1.82) is 0 Å². The van der Waals surface area contributed by atoms with Gasteiger partial charge in [-0.05, 0) is 25.3 Å². The minimum absolute atomic E-state index is 0. The molecule has 0 aliphatic heterocycles. The molecule has 4 aromatic rings. The standard InChI is InChI=1S/C24H26N4O4S.Na.H/c1-12(2)11-28-22-19(21(29)27(5)24(28)32)18(23(30)31)20(33-22)17(15-9-7-6-8-10-15)16-13(3)25-26-14(16)4;;/h6-10,12,17H,11H2,1-5H3,(H,25,26)(H,30,31);;/q;+1;-1. The molecular weight excluding hydrogens is 463 g/mol. The van der Waals surface area contributed by atoms with Gasteiger partial charge in [0.05, 0.1) is 16.6 Å². The molecule has 0 fully saturated rings. The van der Waals surface area contributed by atoms with Gasteiger partial charge in [-0.2, -0.15) is 5.10 Å². The van der Waals surface area contributed by atoms with Crippen molar-refractivity contribution in [2.24, 2.45) is 13.0 Å². The zero-order valence-electron chi connectivity index (χ0n) is 21.2. The third-order valence-electron chi connectivity index (χ3n) is 5.83. The van der Waals surface area contributed by atoms with Crippen LogP contribution in [-0.4, -0.2) is 30.4 Å². The summed E-state index contributed by atoms with van der Waals surface area (Å²) < 4.78 is 2.53. The van der Waals surface area contributed by atoms with E-state index in [1.165, 1.54) is 23.0 Å². The second kappa shape index (κ2) is 10.0. The van der Waals surface area contributed by atoms with Crippen LogP contribution >= 0.6 is 11.3 Å². The van der Waals surface area contributed by atoms with E-state index in [-0.39, 0.29) is 47.9 Å². The van der Waals surface area contributed by atoms with Crippen molar-refractivity contribution >= 4 is 27.5 Å². The molecule has 174 valence electrons.